The summed E-state index contributed by atoms with van der Waals surface area (Å²) in [6.45, 7) is 0. The molecule has 0 aliphatic rings. The molecule has 1 aromatic heterocycles. The first kappa shape index (κ1) is 13.1. The smallest absolute Gasteiger partial charge is 0.123 e. The van der Waals surface area contributed by atoms with Crippen molar-refractivity contribution in [1.82, 2.24) is 4.98 Å². The minimum Gasteiger partial charge on any atom is -0.496 e. The molecule has 20 heavy (non-hydrogen) atoms. The average Bonchev–Trinajstić information content (AvgIpc) is 2.90. The van der Waals surface area contributed by atoms with Gasteiger partial charge in [0.15, 0.2) is 0 Å². The maximum Gasteiger partial charge on any atom is 0.123 e. The normalized spacial score (nSPS) is 12.6. The van der Waals surface area contributed by atoms with Crippen LogP contribution in [0.4, 0.5) is 4.39 Å². The molecule has 0 saturated carbocycles. The molecule has 2 aromatic carbocycles. The third-order valence-corrected chi connectivity index (χ3v) is 3.89. The molecule has 3 aromatic rings. The number of H-pyrrole nitrogens is 1. The van der Waals surface area contributed by atoms with Gasteiger partial charge in [-0.2, -0.15) is 12.6 Å². The molecule has 1 atom stereocenters. The monoisotopic (exact) mass is 287 g/mol. The maximum atomic E-state index is 13.5. The first-order valence-electron chi connectivity index (χ1n) is 6.28. The van der Waals surface area contributed by atoms with Gasteiger partial charge < -0.3 is 9.72 Å². The summed E-state index contributed by atoms with van der Waals surface area (Å²) < 4.78 is 18.8. The zero-order valence-electron chi connectivity index (χ0n) is 10.9. The van der Waals surface area contributed by atoms with Gasteiger partial charge in [0.1, 0.15) is 11.6 Å². The third-order valence-electron chi connectivity index (χ3n) is 3.33. The first-order chi connectivity index (χ1) is 9.69. The lowest BCUT2D eigenvalue weighted by molar-refractivity contribution is 0.409. The summed E-state index contributed by atoms with van der Waals surface area (Å²) in [7, 11) is 1.57. The van der Waals surface area contributed by atoms with Crippen LogP contribution >= 0.6 is 12.6 Å². The fourth-order valence-corrected chi connectivity index (χ4v) is 2.67. The predicted octanol–water partition coefficient (Wildman–Crippen LogP) is 4.33. The van der Waals surface area contributed by atoms with E-state index in [1.807, 2.05) is 30.3 Å². The molecule has 2 nitrogen and oxygen atoms in total. The van der Waals surface area contributed by atoms with Gasteiger partial charge in [0, 0.05) is 16.8 Å². The molecule has 0 aliphatic carbocycles. The van der Waals surface area contributed by atoms with E-state index in [4.69, 9.17) is 4.74 Å². The van der Waals surface area contributed by atoms with Gasteiger partial charge in [-0.15, -0.1) is 0 Å². The lowest BCUT2D eigenvalue weighted by atomic mass is 10.1. The van der Waals surface area contributed by atoms with Crippen LogP contribution in [0.3, 0.4) is 0 Å². The summed E-state index contributed by atoms with van der Waals surface area (Å²) in [5.74, 6) is 0.334. The SMILES string of the molecule is COc1ccc(F)cc1[C@H](S)c1cc2ccccc2[nH]1. The molecule has 0 fully saturated rings. The molecule has 0 spiro atoms. The molecule has 0 bridgehead atoms. The van der Waals surface area contributed by atoms with Gasteiger partial charge in [0.05, 0.1) is 12.4 Å². The predicted molar refractivity (Wildman–Crippen MR) is 82.1 cm³/mol. The molecule has 1 heterocycles. The highest BCUT2D eigenvalue weighted by molar-refractivity contribution is 7.80. The number of hydrogen-bond acceptors (Lipinski definition) is 2. The number of fused-ring (bicyclic) bond motifs is 1. The molecular formula is C16H14FNOS. The van der Waals surface area contributed by atoms with E-state index in [1.54, 1.807) is 13.2 Å². The molecule has 3 rings (SSSR count). The zero-order valence-corrected chi connectivity index (χ0v) is 11.8. The van der Waals surface area contributed by atoms with Gasteiger partial charge in [-0.05, 0) is 35.7 Å². The van der Waals surface area contributed by atoms with Gasteiger partial charge in [-0.25, -0.2) is 4.39 Å². The highest BCUT2D eigenvalue weighted by Gasteiger charge is 2.17. The van der Waals surface area contributed by atoms with Crippen LogP contribution in [0.25, 0.3) is 10.9 Å². The lowest BCUT2D eigenvalue weighted by Gasteiger charge is -2.14. The Labute approximate surface area is 122 Å². The van der Waals surface area contributed by atoms with Gasteiger partial charge in [-0.3, -0.25) is 0 Å². The number of nitrogens with one attached hydrogen (secondary N) is 1. The molecule has 0 aliphatic heterocycles. The van der Waals surface area contributed by atoms with Crippen molar-refractivity contribution in [3.05, 3.63) is 65.6 Å². The van der Waals surface area contributed by atoms with E-state index in [0.717, 1.165) is 16.6 Å². The molecule has 0 amide bonds. The number of benzene rings is 2. The fourth-order valence-electron chi connectivity index (χ4n) is 2.33. The zero-order chi connectivity index (χ0) is 14.1. The number of rotatable bonds is 3. The number of thiol groups is 1. The number of aromatic nitrogens is 1. The van der Waals surface area contributed by atoms with Crippen LogP contribution < -0.4 is 4.74 Å². The quantitative estimate of drug-likeness (QED) is 0.688. The third kappa shape index (κ3) is 2.27. The van der Waals surface area contributed by atoms with Gasteiger partial charge in [0.25, 0.3) is 0 Å². The number of aromatic amines is 1. The average molecular weight is 287 g/mol. The van der Waals surface area contributed by atoms with Crippen LogP contribution in [0.15, 0.2) is 48.5 Å². The van der Waals surface area contributed by atoms with Gasteiger partial charge in [0.2, 0.25) is 0 Å². The second kappa shape index (κ2) is 5.21. The summed E-state index contributed by atoms with van der Waals surface area (Å²) in [6.07, 6.45) is 0. The molecular weight excluding hydrogens is 273 g/mol. The van der Waals surface area contributed by atoms with Crippen LogP contribution in [-0.2, 0) is 0 Å². The van der Waals surface area contributed by atoms with Crippen LogP contribution in [-0.4, -0.2) is 12.1 Å². The molecule has 102 valence electrons. The Morgan fingerprint density at radius 2 is 1.95 bits per heavy atom. The van der Waals surface area contributed by atoms with E-state index in [9.17, 15) is 4.39 Å². The van der Waals surface area contributed by atoms with Crippen molar-refractivity contribution in [1.29, 1.82) is 0 Å². The minimum atomic E-state index is -0.295. The van der Waals surface area contributed by atoms with E-state index < -0.39 is 0 Å². The van der Waals surface area contributed by atoms with Crippen LogP contribution in [0, 0.1) is 5.82 Å². The summed E-state index contributed by atoms with van der Waals surface area (Å²) in [4.78, 5) is 3.31. The first-order valence-corrected chi connectivity index (χ1v) is 6.80. The number of methoxy groups -OCH3 is 1. The second-order valence-corrected chi connectivity index (χ2v) is 5.12. The second-order valence-electron chi connectivity index (χ2n) is 4.60. The molecule has 0 radical (unpaired) electrons. The Morgan fingerprint density at radius 3 is 2.70 bits per heavy atom. The van der Waals surface area contributed by atoms with E-state index in [2.05, 4.69) is 17.6 Å². The number of para-hydroxylation sites is 1. The standard InChI is InChI=1S/C16H14FNOS/c1-19-15-7-6-11(17)9-12(15)16(20)14-8-10-4-2-3-5-13(10)18-14/h2-9,16,18,20H,1H3/t16-/m0/s1. The molecule has 0 unspecified atom stereocenters. The summed E-state index contributed by atoms with van der Waals surface area (Å²) in [5.41, 5.74) is 2.66. The van der Waals surface area contributed by atoms with Crippen molar-refractivity contribution in [2.24, 2.45) is 0 Å². The Hall–Kier alpha value is -1.94. The van der Waals surface area contributed by atoms with E-state index in [-0.39, 0.29) is 11.1 Å². The minimum absolute atomic E-state index is 0.270. The Morgan fingerprint density at radius 1 is 1.15 bits per heavy atom. The van der Waals surface area contributed by atoms with Crippen molar-refractivity contribution < 1.29 is 9.13 Å². The largest absolute Gasteiger partial charge is 0.496 e. The van der Waals surface area contributed by atoms with Crippen LogP contribution in [0.1, 0.15) is 16.5 Å². The topological polar surface area (TPSA) is 25.0 Å². The molecule has 0 saturated heterocycles. The number of hydrogen-bond donors (Lipinski definition) is 2. The summed E-state index contributed by atoms with van der Waals surface area (Å²) in [5, 5.41) is 0.838. The van der Waals surface area contributed by atoms with E-state index >= 15 is 0 Å². The lowest BCUT2D eigenvalue weighted by Crippen LogP contribution is -1.98. The van der Waals surface area contributed by atoms with Crippen molar-refractivity contribution in [3.8, 4) is 5.75 Å². The Balaban J connectivity index is 2.07. The molecule has 4 heteroatoms. The van der Waals surface area contributed by atoms with Gasteiger partial charge in [-0.1, -0.05) is 18.2 Å². The van der Waals surface area contributed by atoms with Crippen molar-refractivity contribution in [3.63, 3.8) is 0 Å². The van der Waals surface area contributed by atoms with Crippen molar-refractivity contribution in [2.75, 3.05) is 7.11 Å². The summed E-state index contributed by atoms with van der Waals surface area (Å²) in [6, 6.07) is 14.5. The van der Waals surface area contributed by atoms with E-state index in [1.165, 1.54) is 12.1 Å². The Kier molecular flexibility index (Phi) is 3.40. The highest BCUT2D eigenvalue weighted by atomic mass is 32.1. The van der Waals surface area contributed by atoms with Crippen LogP contribution in [0.5, 0.6) is 5.75 Å². The van der Waals surface area contributed by atoms with Crippen molar-refractivity contribution in [2.45, 2.75) is 5.25 Å². The molecule has 1 N–H and O–H groups in total. The highest BCUT2D eigenvalue weighted by Crippen LogP contribution is 2.35. The number of ether oxygens (including phenoxy) is 1. The maximum absolute atomic E-state index is 13.5. The van der Waals surface area contributed by atoms with Crippen molar-refractivity contribution >= 4 is 23.5 Å². The van der Waals surface area contributed by atoms with Crippen LogP contribution in [0.2, 0.25) is 0 Å². The van der Waals surface area contributed by atoms with E-state index in [0.29, 0.717) is 11.3 Å². The van der Waals surface area contributed by atoms with Gasteiger partial charge >= 0.3 is 0 Å². The summed E-state index contributed by atoms with van der Waals surface area (Å²) >= 11 is 4.61. The fraction of sp³-hybridized carbons (Fsp3) is 0.125. The number of halogens is 1. The Bertz CT molecular complexity index is 720.